The standard InChI is InChI=1S/C10H11F3N2O3/c1-9(2,3)14-4-6(7(5-14)15(17)18)8(16)10(11,12)13/h4-5H,1-3H3. The summed E-state index contributed by atoms with van der Waals surface area (Å²) in [6.45, 7) is 4.95. The number of aromatic nitrogens is 1. The van der Waals surface area contributed by atoms with Crippen LogP contribution in [0.4, 0.5) is 18.9 Å². The van der Waals surface area contributed by atoms with E-state index in [-0.39, 0.29) is 0 Å². The van der Waals surface area contributed by atoms with E-state index in [1.165, 1.54) is 4.57 Å². The number of hydrogen-bond donors (Lipinski definition) is 0. The predicted molar refractivity (Wildman–Crippen MR) is 56.5 cm³/mol. The number of nitro groups is 1. The third kappa shape index (κ3) is 2.69. The van der Waals surface area contributed by atoms with Crippen molar-refractivity contribution in [1.29, 1.82) is 0 Å². The zero-order chi connectivity index (χ0) is 14.3. The van der Waals surface area contributed by atoms with E-state index < -0.39 is 33.7 Å². The quantitative estimate of drug-likeness (QED) is 0.468. The lowest BCUT2D eigenvalue weighted by molar-refractivity contribution is -0.385. The van der Waals surface area contributed by atoms with E-state index in [0.29, 0.717) is 0 Å². The molecule has 0 saturated carbocycles. The van der Waals surface area contributed by atoms with Crippen molar-refractivity contribution in [3.05, 3.63) is 28.1 Å². The molecule has 0 saturated heterocycles. The average Bonchev–Trinajstić information content (AvgIpc) is 2.58. The Labute approximate surface area is 100 Å². The lowest BCUT2D eigenvalue weighted by Crippen LogP contribution is -2.24. The van der Waals surface area contributed by atoms with E-state index in [2.05, 4.69) is 0 Å². The normalized spacial score (nSPS) is 12.6. The van der Waals surface area contributed by atoms with Crippen molar-refractivity contribution in [3.63, 3.8) is 0 Å². The van der Waals surface area contributed by atoms with Gasteiger partial charge in [-0.2, -0.15) is 13.2 Å². The minimum absolute atomic E-state index is 0.658. The van der Waals surface area contributed by atoms with Crippen LogP contribution < -0.4 is 0 Å². The molecule has 0 aromatic carbocycles. The Balaban J connectivity index is 3.40. The van der Waals surface area contributed by atoms with Gasteiger partial charge in [-0.1, -0.05) is 0 Å². The zero-order valence-corrected chi connectivity index (χ0v) is 9.91. The van der Waals surface area contributed by atoms with Crippen molar-refractivity contribution >= 4 is 11.5 Å². The third-order valence-corrected chi connectivity index (χ3v) is 2.28. The number of alkyl halides is 3. The Morgan fingerprint density at radius 2 is 1.78 bits per heavy atom. The van der Waals surface area contributed by atoms with Gasteiger partial charge in [0.2, 0.25) is 0 Å². The number of nitrogens with zero attached hydrogens (tertiary/aromatic N) is 2. The molecule has 0 radical (unpaired) electrons. The lowest BCUT2D eigenvalue weighted by Gasteiger charge is -2.20. The Bertz CT molecular complexity index is 497. The average molecular weight is 264 g/mol. The molecule has 0 unspecified atom stereocenters. The van der Waals surface area contributed by atoms with E-state index in [1.54, 1.807) is 20.8 Å². The van der Waals surface area contributed by atoms with Gasteiger partial charge in [-0.15, -0.1) is 0 Å². The van der Waals surface area contributed by atoms with Crippen LogP contribution in [0.5, 0.6) is 0 Å². The van der Waals surface area contributed by atoms with Crippen molar-refractivity contribution in [2.24, 2.45) is 0 Å². The first-order chi connectivity index (χ1) is 7.94. The van der Waals surface area contributed by atoms with Crippen LogP contribution in [0.1, 0.15) is 31.1 Å². The summed E-state index contributed by atoms with van der Waals surface area (Å²) in [6.07, 6.45) is -3.35. The van der Waals surface area contributed by atoms with Crippen LogP contribution in [0.2, 0.25) is 0 Å². The molecular weight excluding hydrogens is 253 g/mol. The molecular formula is C10H11F3N2O3. The SMILES string of the molecule is CC(C)(C)n1cc(C(=O)C(F)(F)F)c([N+](=O)[O-])c1. The fourth-order valence-corrected chi connectivity index (χ4v) is 1.30. The molecule has 1 aromatic rings. The minimum atomic E-state index is -5.13. The van der Waals surface area contributed by atoms with Crippen LogP contribution in [0.3, 0.4) is 0 Å². The summed E-state index contributed by atoms with van der Waals surface area (Å²) in [5.74, 6) is -2.21. The summed E-state index contributed by atoms with van der Waals surface area (Å²) in [5, 5.41) is 10.7. The first-order valence-corrected chi connectivity index (χ1v) is 4.93. The molecule has 0 bridgehead atoms. The monoisotopic (exact) mass is 264 g/mol. The van der Waals surface area contributed by atoms with Crippen molar-refractivity contribution in [3.8, 4) is 0 Å². The molecule has 0 spiro atoms. The van der Waals surface area contributed by atoms with Crippen LogP contribution in [0, 0.1) is 10.1 Å². The Morgan fingerprint density at radius 1 is 1.28 bits per heavy atom. The zero-order valence-electron chi connectivity index (χ0n) is 9.91. The van der Waals surface area contributed by atoms with Gasteiger partial charge in [-0.25, -0.2) is 0 Å². The molecule has 0 aliphatic heterocycles. The van der Waals surface area contributed by atoms with Crippen LogP contribution in [0.15, 0.2) is 12.4 Å². The van der Waals surface area contributed by atoms with Crippen LogP contribution in [-0.2, 0) is 5.54 Å². The summed E-state index contributed by atoms with van der Waals surface area (Å²) < 4.78 is 38.1. The van der Waals surface area contributed by atoms with Crippen molar-refractivity contribution in [2.75, 3.05) is 0 Å². The molecule has 0 fully saturated rings. The summed E-state index contributed by atoms with van der Waals surface area (Å²) in [7, 11) is 0. The van der Waals surface area contributed by atoms with E-state index in [9.17, 15) is 28.1 Å². The highest BCUT2D eigenvalue weighted by atomic mass is 19.4. The van der Waals surface area contributed by atoms with Crippen LogP contribution >= 0.6 is 0 Å². The molecule has 0 N–H and O–H groups in total. The molecule has 1 aromatic heterocycles. The van der Waals surface area contributed by atoms with Crippen molar-refractivity contribution < 1.29 is 22.9 Å². The number of rotatable bonds is 2. The number of carbonyl (C=O) groups excluding carboxylic acids is 1. The molecule has 100 valence electrons. The van der Waals surface area contributed by atoms with Gasteiger partial charge in [0, 0.05) is 11.7 Å². The minimum Gasteiger partial charge on any atom is -0.342 e. The van der Waals surface area contributed by atoms with Gasteiger partial charge in [0.05, 0.1) is 11.1 Å². The number of Topliss-reactive ketones (excluding diaryl/α,β-unsaturated/α-hetero) is 1. The van der Waals surface area contributed by atoms with Gasteiger partial charge in [0.15, 0.2) is 0 Å². The fraction of sp³-hybridized carbons (Fsp3) is 0.500. The first kappa shape index (κ1) is 14.2. The largest absolute Gasteiger partial charge is 0.455 e. The second-order valence-corrected chi connectivity index (χ2v) is 4.72. The molecule has 0 amide bonds. The highest BCUT2D eigenvalue weighted by Gasteiger charge is 2.44. The van der Waals surface area contributed by atoms with E-state index in [4.69, 9.17) is 0 Å². The van der Waals surface area contributed by atoms with Gasteiger partial charge in [-0.3, -0.25) is 14.9 Å². The summed E-state index contributed by atoms with van der Waals surface area (Å²) in [4.78, 5) is 20.8. The number of hydrogen-bond acceptors (Lipinski definition) is 3. The topological polar surface area (TPSA) is 65.1 Å². The molecule has 18 heavy (non-hydrogen) atoms. The summed E-state index contributed by atoms with van der Waals surface area (Å²) in [6, 6.07) is 0. The molecule has 1 heterocycles. The van der Waals surface area contributed by atoms with Gasteiger partial charge >= 0.3 is 6.18 Å². The highest BCUT2D eigenvalue weighted by Crippen LogP contribution is 2.30. The molecule has 0 atom stereocenters. The van der Waals surface area contributed by atoms with Gasteiger partial charge < -0.3 is 4.57 Å². The summed E-state index contributed by atoms with van der Waals surface area (Å²) in [5.41, 5.74) is -2.44. The van der Waals surface area contributed by atoms with Crippen molar-refractivity contribution in [1.82, 2.24) is 4.57 Å². The Hall–Kier alpha value is -1.86. The molecule has 0 aliphatic rings. The summed E-state index contributed by atoms with van der Waals surface area (Å²) >= 11 is 0. The third-order valence-electron chi connectivity index (χ3n) is 2.28. The van der Waals surface area contributed by atoms with Gasteiger partial charge in [-0.05, 0) is 20.8 Å². The smallest absolute Gasteiger partial charge is 0.342 e. The maximum absolute atomic E-state index is 12.3. The second-order valence-electron chi connectivity index (χ2n) is 4.72. The molecule has 1 rings (SSSR count). The Morgan fingerprint density at radius 3 is 2.11 bits per heavy atom. The van der Waals surface area contributed by atoms with Crippen molar-refractivity contribution in [2.45, 2.75) is 32.5 Å². The van der Waals surface area contributed by atoms with Crippen LogP contribution in [0.25, 0.3) is 0 Å². The fourth-order valence-electron chi connectivity index (χ4n) is 1.30. The number of ketones is 1. The van der Waals surface area contributed by atoms with E-state index in [1.807, 2.05) is 0 Å². The van der Waals surface area contributed by atoms with Gasteiger partial charge in [0.25, 0.3) is 11.5 Å². The lowest BCUT2D eigenvalue weighted by atomic mass is 10.1. The maximum atomic E-state index is 12.3. The molecule has 0 aliphatic carbocycles. The van der Waals surface area contributed by atoms with Gasteiger partial charge in [0.1, 0.15) is 5.56 Å². The highest BCUT2D eigenvalue weighted by molar-refractivity contribution is 6.03. The number of carbonyl (C=O) groups is 1. The molecule has 5 nitrogen and oxygen atoms in total. The maximum Gasteiger partial charge on any atom is 0.455 e. The van der Waals surface area contributed by atoms with Crippen LogP contribution in [-0.4, -0.2) is 21.4 Å². The first-order valence-electron chi connectivity index (χ1n) is 4.93. The number of halogens is 3. The van der Waals surface area contributed by atoms with E-state index in [0.717, 1.165) is 12.4 Å². The van der Waals surface area contributed by atoms with E-state index >= 15 is 0 Å². The predicted octanol–water partition coefficient (Wildman–Crippen LogP) is 2.90. The second kappa shape index (κ2) is 4.11. The Kier molecular flexibility index (Phi) is 3.24. The molecule has 8 heteroatoms.